The first kappa shape index (κ1) is 17.0. The summed E-state index contributed by atoms with van der Waals surface area (Å²) in [6, 6.07) is 0.697. The molecule has 1 fully saturated rings. The molecule has 0 aromatic rings. The molecule has 0 aliphatic heterocycles. The number of ether oxygens (including phenoxy) is 1. The molecule has 0 heterocycles. The van der Waals surface area contributed by atoms with Crippen LogP contribution in [0.5, 0.6) is 0 Å². The highest BCUT2D eigenvalue weighted by Gasteiger charge is 2.17. The largest absolute Gasteiger partial charge is 0.479 e. The van der Waals surface area contributed by atoms with Crippen molar-refractivity contribution in [2.24, 2.45) is 16.5 Å². The van der Waals surface area contributed by atoms with Crippen LogP contribution in [0.2, 0.25) is 0 Å². The van der Waals surface area contributed by atoms with Gasteiger partial charge in [-0.15, -0.1) is 0 Å². The molecule has 1 saturated carbocycles. The van der Waals surface area contributed by atoms with Gasteiger partial charge in [0.25, 0.3) is 0 Å². The molecule has 1 aliphatic carbocycles. The van der Waals surface area contributed by atoms with E-state index in [2.05, 4.69) is 4.99 Å². The van der Waals surface area contributed by atoms with E-state index in [-0.39, 0.29) is 0 Å². The standard InChI is InChI=1S/C15H29N3O2/c1-11(14(17)20-9-8-15(2,3)19)10-18-13-6-4-12(16)5-7-13/h10,12-13,19H,4-9,16-17H2,1-3H3/b14-11+,18-10?. The second-order valence-corrected chi connectivity index (χ2v) is 6.30. The van der Waals surface area contributed by atoms with Crippen LogP contribution < -0.4 is 11.5 Å². The first-order chi connectivity index (χ1) is 9.28. The SMILES string of the molecule is C/C(C=NC1CCC(N)CC1)=C(/N)OCCC(C)(C)O. The summed E-state index contributed by atoms with van der Waals surface area (Å²) in [6.45, 7) is 5.78. The first-order valence-electron chi connectivity index (χ1n) is 7.38. The Morgan fingerprint density at radius 3 is 2.50 bits per heavy atom. The van der Waals surface area contributed by atoms with E-state index in [0.29, 0.717) is 31.0 Å². The maximum atomic E-state index is 9.59. The van der Waals surface area contributed by atoms with Crippen molar-refractivity contribution < 1.29 is 9.84 Å². The quantitative estimate of drug-likeness (QED) is 0.511. The average molecular weight is 283 g/mol. The Labute approximate surface area is 122 Å². The predicted octanol–water partition coefficient (Wildman–Crippen LogP) is 1.69. The lowest BCUT2D eigenvalue weighted by Crippen LogP contribution is -2.28. The van der Waals surface area contributed by atoms with E-state index in [1.54, 1.807) is 20.1 Å². The van der Waals surface area contributed by atoms with E-state index in [1.807, 2.05) is 6.92 Å². The van der Waals surface area contributed by atoms with E-state index in [0.717, 1.165) is 31.3 Å². The molecule has 1 rings (SSSR count). The Kier molecular flexibility index (Phi) is 6.49. The van der Waals surface area contributed by atoms with Crippen molar-refractivity contribution in [1.82, 2.24) is 0 Å². The number of nitrogens with zero attached hydrogens (tertiary/aromatic N) is 1. The van der Waals surface area contributed by atoms with Crippen molar-refractivity contribution in [2.75, 3.05) is 6.61 Å². The van der Waals surface area contributed by atoms with E-state index >= 15 is 0 Å². The third-order valence-corrected chi connectivity index (χ3v) is 3.58. The van der Waals surface area contributed by atoms with Crippen molar-refractivity contribution in [3.8, 4) is 0 Å². The molecule has 0 atom stereocenters. The molecule has 0 aromatic carbocycles. The molecule has 0 saturated heterocycles. The van der Waals surface area contributed by atoms with Gasteiger partial charge in [-0.3, -0.25) is 4.99 Å². The van der Waals surface area contributed by atoms with E-state index in [1.165, 1.54) is 0 Å². The lowest BCUT2D eigenvalue weighted by molar-refractivity contribution is 0.0432. The maximum Gasteiger partial charge on any atom is 0.188 e. The summed E-state index contributed by atoms with van der Waals surface area (Å²) in [5.74, 6) is 0.380. The van der Waals surface area contributed by atoms with Gasteiger partial charge in [-0.2, -0.15) is 0 Å². The fraction of sp³-hybridized carbons (Fsp3) is 0.800. The van der Waals surface area contributed by atoms with Crippen LogP contribution in [0.15, 0.2) is 16.4 Å². The summed E-state index contributed by atoms with van der Waals surface area (Å²) < 4.78 is 5.42. The van der Waals surface area contributed by atoms with Crippen LogP contribution in [0.3, 0.4) is 0 Å². The molecule has 20 heavy (non-hydrogen) atoms. The molecule has 5 N–H and O–H groups in total. The lowest BCUT2D eigenvalue weighted by Gasteiger charge is -2.23. The molecule has 0 amide bonds. The summed E-state index contributed by atoms with van der Waals surface area (Å²) in [5, 5.41) is 9.59. The summed E-state index contributed by atoms with van der Waals surface area (Å²) >= 11 is 0. The predicted molar refractivity (Wildman–Crippen MR) is 82.5 cm³/mol. The molecular formula is C15H29N3O2. The van der Waals surface area contributed by atoms with Crippen LogP contribution >= 0.6 is 0 Å². The fourth-order valence-electron chi connectivity index (χ4n) is 2.06. The maximum absolute atomic E-state index is 9.59. The van der Waals surface area contributed by atoms with Crippen LogP contribution in [0.4, 0.5) is 0 Å². The highest BCUT2D eigenvalue weighted by molar-refractivity contribution is 5.78. The molecule has 1 aliphatic rings. The zero-order valence-corrected chi connectivity index (χ0v) is 12.9. The number of aliphatic hydroxyl groups is 1. The summed E-state index contributed by atoms with van der Waals surface area (Å²) in [5.41, 5.74) is 11.8. The van der Waals surface area contributed by atoms with Gasteiger partial charge in [-0.1, -0.05) is 0 Å². The summed E-state index contributed by atoms with van der Waals surface area (Å²) in [4.78, 5) is 4.55. The van der Waals surface area contributed by atoms with Gasteiger partial charge in [0.1, 0.15) is 0 Å². The average Bonchev–Trinajstić information content (AvgIpc) is 2.36. The van der Waals surface area contributed by atoms with E-state index in [4.69, 9.17) is 16.2 Å². The summed E-state index contributed by atoms with van der Waals surface area (Å²) in [6.07, 6.45) is 6.51. The third kappa shape index (κ3) is 6.91. The number of aliphatic imine (C=N–C) groups is 1. The first-order valence-corrected chi connectivity index (χ1v) is 7.38. The lowest BCUT2D eigenvalue weighted by atomic mass is 9.92. The highest BCUT2D eigenvalue weighted by Crippen LogP contribution is 2.19. The molecule has 0 aromatic heterocycles. The number of rotatable bonds is 6. The van der Waals surface area contributed by atoms with Crippen LogP contribution in [0, 0.1) is 0 Å². The van der Waals surface area contributed by atoms with Gasteiger partial charge < -0.3 is 21.3 Å². The van der Waals surface area contributed by atoms with Crippen LogP contribution in [-0.4, -0.2) is 35.6 Å². The van der Waals surface area contributed by atoms with Crippen LogP contribution in [0.25, 0.3) is 0 Å². The van der Waals surface area contributed by atoms with Crippen LogP contribution in [0.1, 0.15) is 52.9 Å². The number of nitrogens with two attached hydrogens (primary N) is 2. The fourth-order valence-corrected chi connectivity index (χ4v) is 2.06. The summed E-state index contributed by atoms with van der Waals surface area (Å²) in [7, 11) is 0. The third-order valence-electron chi connectivity index (χ3n) is 3.58. The molecule has 5 nitrogen and oxygen atoms in total. The Bertz CT molecular complexity index is 351. The molecule has 116 valence electrons. The monoisotopic (exact) mass is 283 g/mol. The van der Waals surface area contributed by atoms with E-state index < -0.39 is 5.60 Å². The smallest absolute Gasteiger partial charge is 0.188 e. The molecule has 5 heteroatoms. The van der Waals surface area contributed by atoms with Crippen molar-refractivity contribution in [2.45, 2.75) is 70.6 Å². The topological polar surface area (TPSA) is 93.9 Å². The Hall–Kier alpha value is -1.07. The zero-order valence-electron chi connectivity index (χ0n) is 12.9. The molecule has 0 spiro atoms. The number of hydrogen-bond acceptors (Lipinski definition) is 5. The van der Waals surface area contributed by atoms with Gasteiger partial charge in [0.05, 0.1) is 18.2 Å². The Morgan fingerprint density at radius 1 is 1.35 bits per heavy atom. The molecule has 0 bridgehead atoms. The molecule has 0 unspecified atom stereocenters. The number of allylic oxidation sites excluding steroid dienone is 1. The Balaban J connectivity index is 2.38. The Morgan fingerprint density at radius 2 is 1.95 bits per heavy atom. The normalized spacial score (nSPS) is 25.6. The van der Waals surface area contributed by atoms with Crippen molar-refractivity contribution >= 4 is 6.21 Å². The minimum Gasteiger partial charge on any atom is -0.479 e. The van der Waals surface area contributed by atoms with Crippen molar-refractivity contribution in [1.29, 1.82) is 0 Å². The van der Waals surface area contributed by atoms with Crippen LogP contribution in [-0.2, 0) is 4.74 Å². The van der Waals surface area contributed by atoms with Crippen molar-refractivity contribution in [3.05, 3.63) is 11.5 Å². The minimum atomic E-state index is -0.733. The van der Waals surface area contributed by atoms with Gasteiger partial charge >= 0.3 is 0 Å². The zero-order chi connectivity index (χ0) is 15.2. The second kappa shape index (κ2) is 7.64. The van der Waals surface area contributed by atoms with Gasteiger partial charge in [0.2, 0.25) is 0 Å². The minimum absolute atomic E-state index is 0.341. The van der Waals surface area contributed by atoms with Gasteiger partial charge in [0, 0.05) is 24.3 Å². The molecular weight excluding hydrogens is 254 g/mol. The van der Waals surface area contributed by atoms with Gasteiger partial charge in [-0.05, 0) is 46.5 Å². The second-order valence-electron chi connectivity index (χ2n) is 6.30. The number of hydrogen-bond donors (Lipinski definition) is 3. The highest BCUT2D eigenvalue weighted by atomic mass is 16.5. The van der Waals surface area contributed by atoms with Gasteiger partial charge in [0.15, 0.2) is 5.88 Å². The van der Waals surface area contributed by atoms with E-state index in [9.17, 15) is 5.11 Å². The van der Waals surface area contributed by atoms with Gasteiger partial charge in [-0.25, -0.2) is 0 Å². The molecule has 0 radical (unpaired) electrons. The van der Waals surface area contributed by atoms with Crippen molar-refractivity contribution in [3.63, 3.8) is 0 Å².